The van der Waals surface area contributed by atoms with Gasteiger partial charge < -0.3 is 5.32 Å². The smallest absolute Gasteiger partial charge is 0.161 e. The van der Waals surface area contributed by atoms with E-state index in [9.17, 15) is 4.39 Å². The van der Waals surface area contributed by atoms with E-state index in [4.69, 9.17) is 5.26 Å². The van der Waals surface area contributed by atoms with E-state index in [-0.39, 0.29) is 10.5 Å². The molecule has 20 heavy (non-hydrogen) atoms. The van der Waals surface area contributed by atoms with Crippen molar-refractivity contribution in [2.24, 2.45) is 0 Å². The Morgan fingerprint density at radius 1 is 1.20 bits per heavy atom. The number of hydrogen-bond donors (Lipinski definition) is 1. The summed E-state index contributed by atoms with van der Waals surface area (Å²) >= 11 is 3.12. The maximum Gasteiger partial charge on any atom is 0.161 e. The van der Waals surface area contributed by atoms with Crippen LogP contribution in [-0.2, 0) is 0 Å². The van der Waals surface area contributed by atoms with Gasteiger partial charge in [-0.05, 0) is 40.0 Å². The molecule has 0 amide bonds. The molecule has 100 valence electrons. The van der Waals surface area contributed by atoms with E-state index in [0.29, 0.717) is 17.2 Å². The molecule has 1 N–H and O–H groups in total. The Hall–Kier alpha value is -1.86. The Labute approximate surface area is 125 Å². The molecular weight excluding hydrogens is 319 g/mol. The average Bonchev–Trinajstić information content (AvgIpc) is 3.24. The molecule has 0 aliphatic heterocycles. The minimum atomic E-state index is -0.400. The van der Waals surface area contributed by atoms with Crippen LogP contribution in [0.15, 0.2) is 46.9 Å². The highest BCUT2D eigenvalue weighted by Crippen LogP contribution is 2.43. The summed E-state index contributed by atoms with van der Waals surface area (Å²) in [4.78, 5) is 0. The maximum absolute atomic E-state index is 14.1. The van der Waals surface area contributed by atoms with Crippen LogP contribution in [0.5, 0.6) is 0 Å². The van der Waals surface area contributed by atoms with E-state index in [1.807, 2.05) is 24.3 Å². The summed E-state index contributed by atoms with van der Waals surface area (Å²) in [5.41, 5.74) is 2.03. The van der Waals surface area contributed by atoms with Crippen LogP contribution in [-0.4, -0.2) is 6.04 Å². The molecule has 1 aliphatic carbocycles. The molecule has 2 atom stereocenters. The average molecular weight is 331 g/mol. The monoisotopic (exact) mass is 330 g/mol. The van der Waals surface area contributed by atoms with Gasteiger partial charge in [-0.1, -0.05) is 30.3 Å². The number of rotatable bonds is 3. The number of benzene rings is 2. The fourth-order valence-corrected chi connectivity index (χ4v) is 2.80. The first kappa shape index (κ1) is 13.1. The minimum absolute atomic E-state index is 0.224. The standard InChI is InChI=1S/C16H12BrFN2/c17-15-11(9-19)6-7-13(16(15)18)20-14-8-12(14)10-4-2-1-3-5-10/h1-7,12,14,20H,8H2. The van der Waals surface area contributed by atoms with Crippen LogP contribution in [0.4, 0.5) is 10.1 Å². The van der Waals surface area contributed by atoms with Crippen LogP contribution in [0.25, 0.3) is 0 Å². The van der Waals surface area contributed by atoms with E-state index < -0.39 is 5.82 Å². The van der Waals surface area contributed by atoms with Gasteiger partial charge in [0.1, 0.15) is 6.07 Å². The molecule has 0 aromatic heterocycles. The zero-order valence-electron chi connectivity index (χ0n) is 10.6. The third-order valence-corrected chi connectivity index (χ3v) is 4.34. The van der Waals surface area contributed by atoms with Gasteiger partial charge in [-0.15, -0.1) is 0 Å². The third-order valence-electron chi connectivity index (χ3n) is 3.56. The summed E-state index contributed by atoms with van der Waals surface area (Å²) in [5.74, 6) is 0.0350. The lowest BCUT2D eigenvalue weighted by Gasteiger charge is -2.09. The minimum Gasteiger partial charge on any atom is -0.379 e. The molecule has 2 aromatic carbocycles. The van der Waals surface area contributed by atoms with Crippen molar-refractivity contribution in [3.05, 3.63) is 63.9 Å². The highest BCUT2D eigenvalue weighted by atomic mass is 79.9. The lowest BCUT2D eigenvalue weighted by molar-refractivity contribution is 0.622. The van der Waals surface area contributed by atoms with Crippen molar-refractivity contribution < 1.29 is 4.39 Å². The first-order chi connectivity index (χ1) is 9.70. The van der Waals surface area contributed by atoms with Crippen molar-refractivity contribution >= 4 is 21.6 Å². The van der Waals surface area contributed by atoms with Crippen LogP contribution < -0.4 is 5.32 Å². The molecule has 0 spiro atoms. The second-order valence-electron chi connectivity index (χ2n) is 4.90. The maximum atomic E-state index is 14.1. The number of hydrogen-bond acceptors (Lipinski definition) is 2. The van der Waals surface area contributed by atoms with E-state index in [2.05, 4.69) is 33.4 Å². The van der Waals surface area contributed by atoms with E-state index in [0.717, 1.165) is 6.42 Å². The second kappa shape index (κ2) is 5.26. The fraction of sp³-hybridized carbons (Fsp3) is 0.188. The molecule has 0 heterocycles. The van der Waals surface area contributed by atoms with Gasteiger partial charge in [0, 0.05) is 12.0 Å². The van der Waals surface area contributed by atoms with Gasteiger partial charge in [0.2, 0.25) is 0 Å². The van der Waals surface area contributed by atoms with Crippen molar-refractivity contribution in [3.63, 3.8) is 0 Å². The van der Waals surface area contributed by atoms with Gasteiger partial charge in [-0.25, -0.2) is 4.39 Å². The molecular formula is C16H12BrFN2. The first-order valence-corrected chi connectivity index (χ1v) is 7.19. The fourth-order valence-electron chi connectivity index (χ4n) is 2.37. The zero-order valence-corrected chi connectivity index (χ0v) is 12.2. The molecule has 2 nitrogen and oxygen atoms in total. The molecule has 2 unspecified atom stereocenters. The molecule has 0 saturated heterocycles. The normalized spacial score (nSPS) is 20.2. The molecule has 1 aliphatic rings. The summed E-state index contributed by atoms with van der Waals surface area (Å²) in [7, 11) is 0. The highest BCUT2D eigenvalue weighted by Gasteiger charge is 2.38. The van der Waals surface area contributed by atoms with E-state index in [1.54, 1.807) is 12.1 Å². The Balaban J connectivity index is 1.75. The Kier molecular flexibility index (Phi) is 3.45. The molecule has 1 saturated carbocycles. The third kappa shape index (κ3) is 2.41. The Morgan fingerprint density at radius 3 is 2.65 bits per heavy atom. The van der Waals surface area contributed by atoms with Crippen LogP contribution in [0.2, 0.25) is 0 Å². The molecule has 0 radical (unpaired) electrons. The molecule has 3 rings (SSSR count). The summed E-state index contributed by atoms with van der Waals surface area (Å²) in [6.07, 6.45) is 1.00. The van der Waals surface area contributed by atoms with E-state index >= 15 is 0 Å². The summed E-state index contributed by atoms with van der Waals surface area (Å²) in [5, 5.41) is 12.1. The zero-order chi connectivity index (χ0) is 14.1. The predicted octanol–water partition coefficient (Wildman–Crippen LogP) is 4.43. The van der Waals surface area contributed by atoms with Crippen molar-refractivity contribution in [2.45, 2.75) is 18.4 Å². The van der Waals surface area contributed by atoms with Crippen LogP contribution in [0.1, 0.15) is 23.5 Å². The summed E-state index contributed by atoms with van der Waals surface area (Å²) < 4.78 is 14.3. The summed E-state index contributed by atoms with van der Waals surface area (Å²) in [6.45, 7) is 0. The van der Waals surface area contributed by atoms with Gasteiger partial charge in [0.05, 0.1) is 15.7 Å². The SMILES string of the molecule is N#Cc1ccc(NC2CC2c2ccccc2)c(F)c1Br. The van der Waals surface area contributed by atoms with Gasteiger partial charge in [-0.3, -0.25) is 0 Å². The molecule has 4 heteroatoms. The molecule has 2 aromatic rings. The van der Waals surface area contributed by atoms with Crippen molar-refractivity contribution in [3.8, 4) is 6.07 Å². The quantitative estimate of drug-likeness (QED) is 0.903. The first-order valence-electron chi connectivity index (χ1n) is 6.40. The van der Waals surface area contributed by atoms with E-state index in [1.165, 1.54) is 5.56 Å². The van der Waals surface area contributed by atoms with Crippen molar-refractivity contribution in [1.82, 2.24) is 0 Å². The van der Waals surface area contributed by atoms with Gasteiger partial charge in [0.15, 0.2) is 5.82 Å². The van der Waals surface area contributed by atoms with Gasteiger partial charge in [0.25, 0.3) is 0 Å². The van der Waals surface area contributed by atoms with Crippen LogP contribution in [0, 0.1) is 17.1 Å². The van der Waals surface area contributed by atoms with Crippen LogP contribution >= 0.6 is 15.9 Å². The van der Waals surface area contributed by atoms with Crippen molar-refractivity contribution in [1.29, 1.82) is 5.26 Å². The number of nitrogens with one attached hydrogen (secondary N) is 1. The number of nitrogens with zero attached hydrogens (tertiary/aromatic N) is 1. The lowest BCUT2D eigenvalue weighted by atomic mass is 10.1. The number of nitriles is 1. The van der Waals surface area contributed by atoms with Gasteiger partial charge >= 0.3 is 0 Å². The second-order valence-corrected chi connectivity index (χ2v) is 5.70. The number of anilines is 1. The predicted molar refractivity (Wildman–Crippen MR) is 80.0 cm³/mol. The topological polar surface area (TPSA) is 35.8 Å². The van der Waals surface area contributed by atoms with Gasteiger partial charge in [-0.2, -0.15) is 5.26 Å². The Bertz CT molecular complexity index is 679. The molecule has 1 fully saturated rings. The molecule has 0 bridgehead atoms. The largest absolute Gasteiger partial charge is 0.379 e. The number of halogens is 2. The van der Waals surface area contributed by atoms with Crippen LogP contribution in [0.3, 0.4) is 0 Å². The van der Waals surface area contributed by atoms with Crippen molar-refractivity contribution in [2.75, 3.05) is 5.32 Å². The highest BCUT2D eigenvalue weighted by molar-refractivity contribution is 9.10. The lowest BCUT2D eigenvalue weighted by Crippen LogP contribution is -2.06. The summed E-state index contributed by atoms with van der Waals surface area (Å²) in [6, 6.07) is 15.7. The Morgan fingerprint density at radius 2 is 1.95 bits per heavy atom.